The zero-order chi connectivity index (χ0) is 11.4. The quantitative estimate of drug-likeness (QED) is 0.255. The van der Waals surface area contributed by atoms with Gasteiger partial charge in [-0.25, -0.2) is 9.97 Å². The first-order chi connectivity index (χ1) is 6.46. The second-order valence-electron chi connectivity index (χ2n) is 2.39. The van der Waals surface area contributed by atoms with E-state index in [0.29, 0.717) is 0 Å². The topological polar surface area (TPSA) is 133 Å². The number of aromatic nitrogens is 2. The van der Waals surface area contributed by atoms with Gasteiger partial charge in [0.15, 0.2) is 0 Å². The third kappa shape index (κ3) is 229. The summed E-state index contributed by atoms with van der Waals surface area (Å²) in [7, 11) is -1.22. The summed E-state index contributed by atoms with van der Waals surface area (Å²) in [5.41, 5.74) is 0. The predicted octanol–water partition coefficient (Wildman–Crippen LogP) is -22.8. The van der Waals surface area contributed by atoms with Crippen molar-refractivity contribution in [2.45, 2.75) is 0 Å². The van der Waals surface area contributed by atoms with E-state index in [1.165, 1.54) is 6.33 Å². The first-order valence-corrected chi connectivity index (χ1v) is 7.60. The molecule has 1 aromatic heterocycles. The second-order valence-corrected chi connectivity index (χ2v) is 5.35. The Labute approximate surface area is 237 Å². The summed E-state index contributed by atoms with van der Waals surface area (Å²) in [6.45, 7) is 0. The number of quaternary nitrogens is 2. The summed E-state index contributed by atoms with van der Waals surface area (Å²) in [6, 6.07) is 1.78. The van der Waals surface area contributed by atoms with E-state index >= 15 is 0 Å². The first-order valence-electron chi connectivity index (χ1n) is 3.67. The molecule has 6 nitrogen and oxygen atoms in total. The van der Waals surface area contributed by atoms with Crippen molar-refractivity contribution in [2.75, 3.05) is 25.0 Å². The van der Waals surface area contributed by atoms with Crippen molar-refractivity contribution in [3.63, 3.8) is 0 Å². The SMILES string of the molecule is CS(C)=O.CS(C)=O.[Cl-].[Cl-].[Cl-].[Cl-].[Cl-].[Cl-].[Cl-].[Cl-].[NH4+].[NH4+].[Ru].[Ru].c1cncnc1. The fraction of sp³-hybridized carbons (Fsp3) is 0.500. The normalized spacial score (nSPS) is 4.54. The second kappa shape index (κ2) is 91.0. The van der Waals surface area contributed by atoms with E-state index in [-0.39, 0.29) is 151 Å². The molecule has 26 heavy (non-hydrogen) atoms. The van der Waals surface area contributed by atoms with Gasteiger partial charge in [0.25, 0.3) is 0 Å². The molecule has 0 amide bonds. The van der Waals surface area contributed by atoms with E-state index in [2.05, 4.69) is 9.97 Å². The van der Waals surface area contributed by atoms with Gasteiger partial charge < -0.3 is 112 Å². The van der Waals surface area contributed by atoms with Crippen LogP contribution >= 0.6 is 0 Å². The Morgan fingerprint density at radius 1 is 0.577 bits per heavy atom. The molecular formula is C8H24Cl8N4O2Ru2S2-6. The van der Waals surface area contributed by atoms with Crippen LogP contribution < -0.4 is 112 Å². The number of halogens is 8. The molecule has 0 aliphatic carbocycles. The van der Waals surface area contributed by atoms with Crippen LogP contribution in [0.4, 0.5) is 0 Å². The average molecular weight is 758 g/mol. The van der Waals surface area contributed by atoms with Gasteiger partial charge in [-0.2, -0.15) is 0 Å². The summed E-state index contributed by atoms with van der Waals surface area (Å²) in [6.07, 6.45) is 11.4. The molecule has 0 saturated heterocycles. The molecular weight excluding hydrogens is 734 g/mol. The molecule has 0 atom stereocenters. The van der Waals surface area contributed by atoms with Crippen LogP contribution in [0.25, 0.3) is 0 Å². The van der Waals surface area contributed by atoms with Gasteiger partial charge in [0.1, 0.15) is 6.33 Å². The van der Waals surface area contributed by atoms with Crippen molar-refractivity contribution in [2.24, 2.45) is 0 Å². The van der Waals surface area contributed by atoms with E-state index < -0.39 is 21.6 Å². The van der Waals surface area contributed by atoms with Crippen molar-refractivity contribution in [1.29, 1.82) is 0 Å². The molecule has 0 spiro atoms. The molecule has 1 aromatic rings. The third-order valence-corrected chi connectivity index (χ3v) is 0.478. The smallest absolute Gasteiger partial charge is 0.115 e. The minimum atomic E-state index is -0.611. The van der Waals surface area contributed by atoms with Gasteiger partial charge in [-0.3, -0.25) is 8.42 Å². The van der Waals surface area contributed by atoms with Crippen LogP contribution in [0.5, 0.6) is 0 Å². The number of hydrogen-bond acceptors (Lipinski definition) is 4. The predicted molar refractivity (Wildman–Crippen MR) is 74.0 cm³/mol. The molecule has 1 heterocycles. The molecule has 1 rings (SSSR count). The van der Waals surface area contributed by atoms with Gasteiger partial charge in [-0.05, 0) is 6.07 Å². The van der Waals surface area contributed by atoms with Crippen LogP contribution in [-0.4, -0.2) is 43.4 Å². The van der Waals surface area contributed by atoms with Crippen molar-refractivity contribution in [1.82, 2.24) is 22.3 Å². The minimum Gasteiger partial charge on any atom is -1.00 e. The Balaban J connectivity index is -0.00000000573. The summed E-state index contributed by atoms with van der Waals surface area (Å²) >= 11 is 0. The fourth-order valence-corrected chi connectivity index (χ4v) is 0.253. The first kappa shape index (κ1) is 101. The Morgan fingerprint density at radius 3 is 0.769 bits per heavy atom. The van der Waals surface area contributed by atoms with E-state index in [0.717, 1.165) is 0 Å². The Hall–Kier alpha value is 2.87. The molecule has 0 bridgehead atoms. The summed E-state index contributed by atoms with van der Waals surface area (Å²) < 4.78 is 19.1. The third-order valence-electron chi connectivity index (χ3n) is 0.478. The number of rotatable bonds is 0. The summed E-state index contributed by atoms with van der Waals surface area (Å²) in [4.78, 5) is 7.35. The maximum atomic E-state index is 9.56. The maximum absolute atomic E-state index is 9.56. The van der Waals surface area contributed by atoms with Crippen molar-refractivity contribution < 1.29 is 147 Å². The van der Waals surface area contributed by atoms with Crippen LogP contribution in [0.3, 0.4) is 0 Å². The molecule has 0 fully saturated rings. The maximum Gasteiger partial charge on any atom is 0.115 e. The zero-order valence-electron chi connectivity index (χ0n) is 14.6. The van der Waals surface area contributed by atoms with E-state index in [1.807, 2.05) is 0 Å². The van der Waals surface area contributed by atoms with Crippen LogP contribution in [0, 0.1) is 0 Å². The van der Waals surface area contributed by atoms with Gasteiger partial charge in [-0.15, -0.1) is 0 Å². The van der Waals surface area contributed by atoms with E-state index in [4.69, 9.17) is 0 Å². The Kier molecular flexibility index (Phi) is 355. The van der Waals surface area contributed by atoms with Crippen molar-refractivity contribution in [3.8, 4) is 0 Å². The Bertz CT molecular complexity index is 245. The minimum absolute atomic E-state index is 0. The molecule has 0 saturated carbocycles. The average Bonchev–Trinajstić information content (AvgIpc) is 2.05. The molecule has 8 N–H and O–H groups in total. The van der Waals surface area contributed by atoms with Gasteiger partial charge in [-0.1, -0.05) is 0 Å². The van der Waals surface area contributed by atoms with Gasteiger partial charge >= 0.3 is 0 Å². The molecule has 0 aliphatic heterocycles. The Morgan fingerprint density at radius 2 is 0.731 bits per heavy atom. The van der Waals surface area contributed by atoms with Crippen LogP contribution in [0.2, 0.25) is 0 Å². The molecule has 178 valence electrons. The zero-order valence-corrected chi connectivity index (χ0v) is 25.7. The molecule has 18 heteroatoms. The molecule has 0 aliphatic rings. The van der Waals surface area contributed by atoms with Gasteiger partial charge in [0.2, 0.25) is 0 Å². The summed E-state index contributed by atoms with van der Waals surface area (Å²) in [5, 5.41) is 0. The molecule has 0 radical (unpaired) electrons. The van der Waals surface area contributed by atoms with Crippen LogP contribution in [-0.2, 0) is 60.6 Å². The van der Waals surface area contributed by atoms with Crippen molar-refractivity contribution in [3.05, 3.63) is 24.8 Å². The van der Waals surface area contributed by atoms with Crippen molar-refractivity contribution >= 4 is 21.6 Å². The largest absolute Gasteiger partial charge is 1.00 e. The standard InChI is InChI=1S/C4H4N2.2C2H6OS.8ClH.2H3N.2Ru/c1-2-5-4-6-3-1;2*1-4(2)3;;;;;;;;;;;;/h1-4H;2*1-2H3;8*1H;2*1H3;;/p-6. The monoisotopic (exact) mass is 756 g/mol. The van der Waals surface area contributed by atoms with E-state index in [9.17, 15) is 8.42 Å². The summed E-state index contributed by atoms with van der Waals surface area (Å²) in [5.74, 6) is 0. The fourth-order valence-electron chi connectivity index (χ4n) is 0.253. The van der Waals surface area contributed by atoms with Gasteiger partial charge in [0, 0.05) is 98.0 Å². The number of nitrogens with zero attached hydrogens (tertiary/aromatic N) is 2. The van der Waals surface area contributed by atoms with Crippen LogP contribution in [0.15, 0.2) is 24.8 Å². The molecule has 0 unspecified atom stereocenters. The van der Waals surface area contributed by atoms with E-state index in [1.54, 1.807) is 43.5 Å². The van der Waals surface area contributed by atoms with Crippen LogP contribution in [0.1, 0.15) is 0 Å². The molecule has 0 aromatic carbocycles. The number of hydrogen-bond donors (Lipinski definition) is 2. The van der Waals surface area contributed by atoms with Gasteiger partial charge in [0.05, 0.1) is 0 Å².